The zero-order valence-corrected chi connectivity index (χ0v) is 18.4. The molecule has 1 N–H and O–H groups in total. The fraction of sp³-hybridized carbons (Fsp3) is 0.292. The highest BCUT2D eigenvalue weighted by molar-refractivity contribution is 7.17. The minimum Gasteiger partial charge on any atom is -0.358 e. The lowest BCUT2D eigenvalue weighted by molar-refractivity contribution is -0.121. The quantitative estimate of drug-likeness (QED) is 0.585. The van der Waals surface area contributed by atoms with Gasteiger partial charge in [-0.25, -0.2) is 4.98 Å². The first-order valence-corrected chi connectivity index (χ1v) is 11.1. The first kappa shape index (κ1) is 22.8. The van der Waals surface area contributed by atoms with Crippen LogP contribution in [0.1, 0.15) is 36.9 Å². The molecule has 1 fully saturated rings. The number of rotatable bonds is 6. The van der Waals surface area contributed by atoms with E-state index in [1.807, 2.05) is 60.7 Å². The molecule has 2 amide bonds. The molecule has 0 unspecified atom stereocenters. The minimum atomic E-state index is -0.158. The van der Waals surface area contributed by atoms with Crippen LogP contribution in [-0.4, -0.2) is 49.7 Å². The van der Waals surface area contributed by atoms with E-state index >= 15 is 0 Å². The molecule has 0 saturated heterocycles. The summed E-state index contributed by atoms with van der Waals surface area (Å²) in [5.74, 6) is -0.312. The lowest BCUT2D eigenvalue weighted by Gasteiger charge is -2.27. The molecule has 31 heavy (non-hydrogen) atoms. The first-order valence-electron chi connectivity index (χ1n) is 10.3. The molecular formula is C24H27BN3O2S. The van der Waals surface area contributed by atoms with E-state index in [2.05, 4.69) is 5.32 Å². The summed E-state index contributed by atoms with van der Waals surface area (Å²) < 4.78 is 0. The van der Waals surface area contributed by atoms with Crippen LogP contribution in [-0.2, 0) is 4.79 Å². The third-order valence-electron chi connectivity index (χ3n) is 5.51. The number of likely N-dealkylation sites (N-methyl/N-ethyl adjacent to an activating group) is 1. The monoisotopic (exact) mass is 432 g/mol. The lowest BCUT2D eigenvalue weighted by Crippen LogP contribution is -2.44. The SMILES string of the molecule is CNC(=O)CN(C(=O)c1nc(-c2ccccc2)c(-c2ccccc2)s1)C1CCCC1.[B].[HH]. The summed E-state index contributed by atoms with van der Waals surface area (Å²) in [6.45, 7) is 0.0704. The smallest absolute Gasteiger partial charge is 0.283 e. The van der Waals surface area contributed by atoms with Crippen molar-refractivity contribution < 1.29 is 11.0 Å². The molecule has 5 nitrogen and oxygen atoms in total. The van der Waals surface area contributed by atoms with E-state index in [0.29, 0.717) is 5.01 Å². The Morgan fingerprint density at radius 2 is 1.61 bits per heavy atom. The lowest BCUT2D eigenvalue weighted by atomic mass is 10.1. The van der Waals surface area contributed by atoms with Gasteiger partial charge in [-0.2, -0.15) is 0 Å². The number of amides is 2. The number of nitrogens with one attached hydrogen (secondary N) is 1. The van der Waals surface area contributed by atoms with E-state index in [0.717, 1.165) is 47.4 Å². The van der Waals surface area contributed by atoms with Crippen molar-refractivity contribution in [3.05, 3.63) is 65.7 Å². The molecule has 1 aliphatic rings. The highest BCUT2D eigenvalue weighted by Gasteiger charge is 2.31. The van der Waals surface area contributed by atoms with Crippen molar-refractivity contribution in [2.75, 3.05) is 13.6 Å². The Bertz CT molecular complexity index is 967. The van der Waals surface area contributed by atoms with Gasteiger partial charge in [-0.1, -0.05) is 73.5 Å². The van der Waals surface area contributed by atoms with Gasteiger partial charge in [0.25, 0.3) is 5.91 Å². The van der Waals surface area contributed by atoms with Crippen molar-refractivity contribution in [2.45, 2.75) is 31.7 Å². The van der Waals surface area contributed by atoms with E-state index < -0.39 is 0 Å². The minimum absolute atomic E-state index is 0. The summed E-state index contributed by atoms with van der Waals surface area (Å²) in [7, 11) is 1.60. The van der Waals surface area contributed by atoms with E-state index in [1.165, 1.54) is 11.3 Å². The standard InChI is InChI=1S/C24H25N3O2S.B.H2/c1-25-20(28)16-27(19-14-8-9-15-19)24(29)23-26-21(17-10-4-2-5-11-17)22(30-23)18-12-6-3-7-13-18;;/h2-7,10-13,19H,8-9,14-16H2,1H3,(H,25,28);;1H. The van der Waals surface area contributed by atoms with Crippen molar-refractivity contribution >= 4 is 31.6 Å². The van der Waals surface area contributed by atoms with Gasteiger partial charge in [-0.3, -0.25) is 9.59 Å². The van der Waals surface area contributed by atoms with Gasteiger partial charge in [0.15, 0.2) is 5.01 Å². The third-order valence-corrected chi connectivity index (χ3v) is 6.60. The zero-order chi connectivity index (χ0) is 20.9. The number of hydrogen-bond acceptors (Lipinski definition) is 4. The molecule has 7 heteroatoms. The van der Waals surface area contributed by atoms with Crippen LogP contribution >= 0.6 is 11.3 Å². The maximum absolute atomic E-state index is 13.5. The Morgan fingerprint density at radius 3 is 2.19 bits per heavy atom. The molecule has 1 saturated carbocycles. The van der Waals surface area contributed by atoms with Gasteiger partial charge in [-0.05, 0) is 18.4 Å². The fourth-order valence-electron chi connectivity index (χ4n) is 3.93. The maximum Gasteiger partial charge on any atom is 0.283 e. The number of aromatic nitrogens is 1. The van der Waals surface area contributed by atoms with Crippen LogP contribution in [0, 0.1) is 0 Å². The van der Waals surface area contributed by atoms with Crippen molar-refractivity contribution in [3.8, 4) is 21.7 Å². The molecule has 0 spiro atoms. The summed E-state index contributed by atoms with van der Waals surface area (Å²) in [6.07, 6.45) is 4.05. The number of carbonyl (C=O) groups is 2. The van der Waals surface area contributed by atoms with Crippen molar-refractivity contribution in [1.29, 1.82) is 0 Å². The molecule has 1 heterocycles. The summed E-state index contributed by atoms with van der Waals surface area (Å²) >= 11 is 1.40. The molecule has 0 bridgehead atoms. The van der Waals surface area contributed by atoms with Crippen molar-refractivity contribution in [2.24, 2.45) is 0 Å². The second-order valence-corrected chi connectivity index (χ2v) is 8.47. The van der Waals surface area contributed by atoms with Gasteiger partial charge < -0.3 is 10.2 Å². The molecule has 0 aliphatic heterocycles. The average molecular weight is 432 g/mol. The summed E-state index contributed by atoms with van der Waals surface area (Å²) in [6, 6.07) is 20.1. The van der Waals surface area contributed by atoms with Crippen LogP contribution in [0.2, 0.25) is 0 Å². The molecule has 3 radical (unpaired) electrons. The Kier molecular flexibility index (Phi) is 7.63. The number of hydrogen-bond donors (Lipinski definition) is 1. The summed E-state index contributed by atoms with van der Waals surface area (Å²) in [5, 5.41) is 3.08. The normalized spacial score (nSPS) is 13.5. The third kappa shape index (κ3) is 5.05. The fourth-order valence-corrected chi connectivity index (χ4v) is 4.98. The van der Waals surface area contributed by atoms with E-state index in [9.17, 15) is 9.59 Å². The predicted octanol–water partition coefficient (Wildman–Crippen LogP) is 4.47. The molecular weight excluding hydrogens is 405 g/mol. The van der Waals surface area contributed by atoms with Crippen LogP contribution in [0.25, 0.3) is 21.7 Å². The number of carbonyl (C=O) groups excluding carboxylic acids is 2. The summed E-state index contributed by atoms with van der Waals surface area (Å²) in [4.78, 5) is 33.1. The molecule has 3 aromatic rings. The van der Waals surface area contributed by atoms with Crippen molar-refractivity contribution in [3.63, 3.8) is 0 Å². The molecule has 1 aromatic heterocycles. The van der Waals surface area contributed by atoms with Crippen LogP contribution < -0.4 is 5.32 Å². The Balaban J connectivity index is 0.00000181. The maximum atomic E-state index is 13.5. The van der Waals surface area contributed by atoms with E-state index in [4.69, 9.17) is 4.98 Å². The van der Waals surface area contributed by atoms with Crippen LogP contribution in [0.4, 0.5) is 0 Å². The van der Waals surface area contributed by atoms with Gasteiger partial charge in [0.2, 0.25) is 5.91 Å². The zero-order valence-electron chi connectivity index (χ0n) is 17.6. The topological polar surface area (TPSA) is 62.3 Å². The van der Waals surface area contributed by atoms with Crippen LogP contribution in [0.5, 0.6) is 0 Å². The van der Waals surface area contributed by atoms with E-state index in [1.54, 1.807) is 11.9 Å². The Labute approximate surface area is 190 Å². The average Bonchev–Trinajstić information content (AvgIpc) is 3.48. The Morgan fingerprint density at radius 1 is 1.03 bits per heavy atom. The Hall–Kier alpha value is -2.93. The number of benzene rings is 2. The second kappa shape index (κ2) is 10.4. The van der Waals surface area contributed by atoms with Gasteiger partial charge in [-0.15, -0.1) is 11.3 Å². The second-order valence-electron chi connectivity index (χ2n) is 7.47. The highest BCUT2D eigenvalue weighted by Crippen LogP contribution is 2.37. The first-order chi connectivity index (χ1) is 14.7. The number of nitrogens with zero attached hydrogens (tertiary/aromatic N) is 2. The molecule has 2 aromatic carbocycles. The molecule has 159 valence electrons. The largest absolute Gasteiger partial charge is 0.358 e. The van der Waals surface area contributed by atoms with Gasteiger partial charge in [0.05, 0.1) is 10.6 Å². The summed E-state index contributed by atoms with van der Waals surface area (Å²) in [5.41, 5.74) is 2.82. The predicted molar refractivity (Wildman–Crippen MR) is 128 cm³/mol. The van der Waals surface area contributed by atoms with Crippen LogP contribution in [0.15, 0.2) is 60.7 Å². The van der Waals surface area contributed by atoms with Crippen LogP contribution in [0.3, 0.4) is 0 Å². The molecule has 4 rings (SSSR count). The number of thiazole rings is 1. The molecule has 1 aliphatic carbocycles. The van der Waals surface area contributed by atoms with Crippen molar-refractivity contribution in [1.82, 2.24) is 15.2 Å². The van der Waals surface area contributed by atoms with Gasteiger partial charge >= 0.3 is 0 Å². The molecule has 0 atom stereocenters. The van der Waals surface area contributed by atoms with Gasteiger partial charge in [0.1, 0.15) is 6.54 Å². The van der Waals surface area contributed by atoms with E-state index in [-0.39, 0.29) is 34.2 Å². The van der Waals surface area contributed by atoms with Gasteiger partial charge in [0, 0.05) is 28.5 Å². The highest BCUT2D eigenvalue weighted by atomic mass is 32.1.